The molecule has 0 radical (unpaired) electrons. The van der Waals surface area contributed by atoms with E-state index >= 15 is 0 Å². The molecule has 0 bridgehead atoms. The lowest BCUT2D eigenvalue weighted by Gasteiger charge is -2.35. The second kappa shape index (κ2) is 10.2. The van der Waals surface area contributed by atoms with Crippen LogP contribution in [0.3, 0.4) is 0 Å². The van der Waals surface area contributed by atoms with E-state index in [1.54, 1.807) is 26.0 Å². The van der Waals surface area contributed by atoms with E-state index in [1.165, 1.54) is 0 Å². The standard InChI is InChI=1S/C25H26O4S/c1-4-29-24(26)18-30-25(19-8-6-5-7-9-19,20-10-14-22(27-2)15-11-20)21-12-16-23(28-3)17-13-21/h5-17H,4,18H2,1-3H3. The molecule has 0 saturated carbocycles. The molecule has 0 saturated heterocycles. The fraction of sp³-hybridized carbons (Fsp3) is 0.240. The van der Waals surface area contributed by atoms with Crippen LogP contribution >= 0.6 is 11.8 Å². The molecule has 5 heteroatoms. The lowest BCUT2D eigenvalue weighted by atomic mass is 9.84. The number of rotatable bonds is 9. The third-order valence-corrected chi connectivity index (χ3v) is 6.41. The Bertz CT molecular complexity index is 890. The van der Waals surface area contributed by atoms with E-state index in [9.17, 15) is 4.79 Å². The molecule has 0 aromatic heterocycles. The van der Waals surface area contributed by atoms with Gasteiger partial charge in [-0.2, -0.15) is 0 Å². The summed E-state index contributed by atoms with van der Waals surface area (Å²) >= 11 is 1.55. The van der Waals surface area contributed by atoms with Crippen molar-refractivity contribution in [2.45, 2.75) is 11.7 Å². The van der Waals surface area contributed by atoms with E-state index in [0.717, 1.165) is 28.2 Å². The van der Waals surface area contributed by atoms with Crippen LogP contribution in [-0.2, 0) is 14.3 Å². The molecule has 30 heavy (non-hydrogen) atoms. The molecule has 0 fully saturated rings. The van der Waals surface area contributed by atoms with Gasteiger partial charge in [0.15, 0.2) is 0 Å². The van der Waals surface area contributed by atoms with Crippen LogP contribution in [-0.4, -0.2) is 32.5 Å². The minimum atomic E-state index is -0.605. The molecule has 3 rings (SSSR count). The van der Waals surface area contributed by atoms with Crippen LogP contribution in [0.25, 0.3) is 0 Å². The molecular weight excluding hydrogens is 396 g/mol. The van der Waals surface area contributed by atoms with E-state index in [4.69, 9.17) is 14.2 Å². The van der Waals surface area contributed by atoms with Crippen molar-refractivity contribution < 1.29 is 19.0 Å². The second-order valence-electron chi connectivity index (χ2n) is 6.60. The zero-order chi connectivity index (χ0) is 21.4. The number of benzene rings is 3. The Morgan fingerprint density at radius 2 is 1.23 bits per heavy atom. The normalized spacial score (nSPS) is 11.0. The summed E-state index contributed by atoms with van der Waals surface area (Å²) in [6.45, 7) is 2.18. The molecule has 0 heterocycles. The van der Waals surface area contributed by atoms with Gasteiger partial charge in [0.1, 0.15) is 11.5 Å². The zero-order valence-electron chi connectivity index (χ0n) is 17.5. The van der Waals surface area contributed by atoms with Gasteiger partial charge in [-0.1, -0.05) is 54.6 Å². The topological polar surface area (TPSA) is 44.8 Å². The summed E-state index contributed by atoms with van der Waals surface area (Å²) in [6.07, 6.45) is 0. The largest absolute Gasteiger partial charge is 0.497 e. The van der Waals surface area contributed by atoms with Crippen molar-refractivity contribution >= 4 is 17.7 Å². The Morgan fingerprint density at radius 1 is 0.767 bits per heavy atom. The highest BCUT2D eigenvalue weighted by Crippen LogP contribution is 2.49. The smallest absolute Gasteiger partial charge is 0.315 e. The summed E-state index contributed by atoms with van der Waals surface area (Å²) in [5, 5.41) is 0. The van der Waals surface area contributed by atoms with E-state index < -0.39 is 4.75 Å². The number of methoxy groups -OCH3 is 2. The lowest BCUT2D eigenvalue weighted by Crippen LogP contribution is -2.27. The first-order valence-electron chi connectivity index (χ1n) is 9.78. The van der Waals surface area contributed by atoms with Crippen molar-refractivity contribution in [1.82, 2.24) is 0 Å². The van der Waals surface area contributed by atoms with Crippen molar-refractivity contribution in [3.63, 3.8) is 0 Å². The van der Waals surface area contributed by atoms with Crippen LogP contribution < -0.4 is 9.47 Å². The Labute approximate surface area is 182 Å². The predicted octanol–water partition coefficient (Wildman–Crippen LogP) is 5.29. The van der Waals surface area contributed by atoms with Crippen molar-refractivity contribution in [2.75, 3.05) is 26.6 Å². The molecule has 0 atom stereocenters. The molecule has 0 aliphatic carbocycles. The highest BCUT2D eigenvalue weighted by Gasteiger charge is 2.38. The van der Waals surface area contributed by atoms with Gasteiger partial charge in [-0.15, -0.1) is 11.8 Å². The Kier molecular flexibility index (Phi) is 7.41. The maximum Gasteiger partial charge on any atom is 0.315 e. The third kappa shape index (κ3) is 4.62. The minimum Gasteiger partial charge on any atom is -0.497 e. The Balaban J connectivity index is 2.19. The van der Waals surface area contributed by atoms with Gasteiger partial charge in [0.05, 0.1) is 31.3 Å². The molecule has 0 amide bonds. The first-order valence-corrected chi connectivity index (χ1v) is 10.8. The quantitative estimate of drug-likeness (QED) is 0.346. The van der Waals surface area contributed by atoms with Gasteiger partial charge in [0.2, 0.25) is 0 Å². The minimum absolute atomic E-state index is 0.223. The molecule has 4 nitrogen and oxygen atoms in total. The fourth-order valence-corrected chi connectivity index (χ4v) is 4.77. The van der Waals surface area contributed by atoms with E-state index in [1.807, 2.05) is 73.7 Å². The SMILES string of the molecule is CCOC(=O)CSC(c1ccccc1)(c1ccc(OC)cc1)c1ccc(OC)cc1. The highest BCUT2D eigenvalue weighted by molar-refractivity contribution is 8.01. The molecule has 0 N–H and O–H groups in total. The van der Waals surface area contributed by atoms with E-state index in [2.05, 4.69) is 12.1 Å². The van der Waals surface area contributed by atoms with Gasteiger partial charge in [0.25, 0.3) is 0 Å². The maximum atomic E-state index is 12.3. The van der Waals surface area contributed by atoms with Gasteiger partial charge in [-0.3, -0.25) is 4.79 Å². The van der Waals surface area contributed by atoms with Crippen LogP contribution in [0.1, 0.15) is 23.6 Å². The van der Waals surface area contributed by atoms with Crippen molar-refractivity contribution in [2.24, 2.45) is 0 Å². The summed E-state index contributed by atoms with van der Waals surface area (Å²) in [6, 6.07) is 26.2. The number of carbonyl (C=O) groups excluding carboxylic acids is 1. The van der Waals surface area contributed by atoms with E-state index in [-0.39, 0.29) is 11.7 Å². The summed E-state index contributed by atoms with van der Waals surface area (Å²) in [5.41, 5.74) is 3.18. The number of thioether (sulfide) groups is 1. The molecule has 0 unspecified atom stereocenters. The number of ether oxygens (including phenoxy) is 3. The summed E-state index contributed by atoms with van der Waals surface area (Å²) in [4.78, 5) is 12.3. The van der Waals surface area contributed by atoms with Gasteiger partial charge in [0, 0.05) is 0 Å². The third-order valence-electron chi connectivity index (χ3n) is 4.89. The number of esters is 1. The summed E-state index contributed by atoms with van der Waals surface area (Å²) in [7, 11) is 3.30. The van der Waals surface area contributed by atoms with Crippen LogP contribution in [0, 0.1) is 0 Å². The Morgan fingerprint density at radius 3 is 1.67 bits per heavy atom. The molecule has 0 aliphatic rings. The molecule has 3 aromatic carbocycles. The van der Waals surface area contributed by atoms with Crippen molar-refractivity contribution in [1.29, 1.82) is 0 Å². The summed E-state index contributed by atoms with van der Waals surface area (Å²) < 4.78 is 15.3. The molecule has 0 aliphatic heterocycles. The van der Waals surface area contributed by atoms with Gasteiger partial charge in [-0.05, 0) is 47.9 Å². The number of carbonyl (C=O) groups is 1. The Hall–Kier alpha value is -2.92. The lowest BCUT2D eigenvalue weighted by molar-refractivity contribution is -0.139. The molecule has 0 spiro atoms. The van der Waals surface area contributed by atoms with Gasteiger partial charge >= 0.3 is 5.97 Å². The van der Waals surface area contributed by atoms with Crippen LogP contribution in [0.4, 0.5) is 0 Å². The van der Waals surface area contributed by atoms with Crippen LogP contribution in [0.2, 0.25) is 0 Å². The molecule has 3 aromatic rings. The number of hydrogen-bond donors (Lipinski definition) is 0. The van der Waals surface area contributed by atoms with E-state index in [0.29, 0.717) is 6.61 Å². The van der Waals surface area contributed by atoms with Crippen LogP contribution in [0.15, 0.2) is 78.9 Å². The van der Waals surface area contributed by atoms with Crippen LogP contribution in [0.5, 0.6) is 11.5 Å². The molecule has 156 valence electrons. The average molecular weight is 423 g/mol. The first kappa shape index (κ1) is 21.8. The van der Waals surface area contributed by atoms with Crippen molar-refractivity contribution in [3.8, 4) is 11.5 Å². The highest BCUT2D eigenvalue weighted by atomic mass is 32.2. The molecular formula is C25H26O4S. The monoisotopic (exact) mass is 422 g/mol. The van der Waals surface area contributed by atoms with Gasteiger partial charge < -0.3 is 14.2 Å². The predicted molar refractivity (Wildman–Crippen MR) is 121 cm³/mol. The average Bonchev–Trinajstić information content (AvgIpc) is 2.81. The zero-order valence-corrected chi connectivity index (χ0v) is 18.3. The fourth-order valence-electron chi connectivity index (χ4n) is 3.44. The first-order chi connectivity index (χ1) is 14.6. The number of hydrogen-bond acceptors (Lipinski definition) is 5. The summed E-state index contributed by atoms with van der Waals surface area (Å²) in [5.74, 6) is 1.56. The maximum absolute atomic E-state index is 12.3. The van der Waals surface area contributed by atoms with Gasteiger partial charge in [-0.25, -0.2) is 0 Å². The van der Waals surface area contributed by atoms with Crippen molar-refractivity contribution in [3.05, 3.63) is 95.6 Å². The second-order valence-corrected chi connectivity index (χ2v) is 7.79.